The summed E-state index contributed by atoms with van der Waals surface area (Å²) in [5.41, 5.74) is 1.43. The first kappa shape index (κ1) is 34.3. The van der Waals surface area contributed by atoms with Gasteiger partial charge in [0.05, 0.1) is 18.8 Å². The van der Waals surface area contributed by atoms with Crippen LogP contribution >= 0.6 is 0 Å². The van der Waals surface area contributed by atoms with E-state index in [0.29, 0.717) is 30.8 Å². The van der Waals surface area contributed by atoms with Crippen LogP contribution in [-0.4, -0.2) is 94.5 Å². The van der Waals surface area contributed by atoms with Crippen LogP contribution in [0.2, 0.25) is 0 Å². The Hall–Kier alpha value is -2.92. The van der Waals surface area contributed by atoms with E-state index in [1.54, 1.807) is 28.9 Å². The van der Waals surface area contributed by atoms with Crippen molar-refractivity contribution in [3.8, 4) is 0 Å². The van der Waals surface area contributed by atoms with Gasteiger partial charge in [-0.25, -0.2) is 8.78 Å². The van der Waals surface area contributed by atoms with E-state index in [9.17, 15) is 33.7 Å². The average Bonchev–Trinajstić information content (AvgIpc) is 2.91. The highest BCUT2D eigenvalue weighted by molar-refractivity contribution is 6.00. The number of hydrogen-bond donors (Lipinski definition) is 4. The van der Waals surface area contributed by atoms with Gasteiger partial charge in [-0.2, -0.15) is 0 Å². The maximum absolute atomic E-state index is 13.9. The van der Waals surface area contributed by atoms with Gasteiger partial charge in [-0.15, -0.1) is 0 Å². The summed E-state index contributed by atoms with van der Waals surface area (Å²) in [5.74, 6) is -2.40. The third kappa shape index (κ3) is 10.8. The zero-order valence-electron chi connectivity index (χ0n) is 24.6. The topological polar surface area (TPSA) is 113 Å². The molecular formula is C31H45F2N3O5. The summed E-state index contributed by atoms with van der Waals surface area (Å²) in [6.07, 6.45) is -0.649. The summed E-state index contributed by atoms with van der Waals surface area (Å²) in [4.78, 5) is 30.2. The van der Waals surface area contributed by atoms with Crippen LogP contribution in [0.1, 0.15) is 71.9 Å². The largest absolute Gasteiger partial charge is 0.395 e. The van der Waals surface area contributed by atoms with Crippen LogP contribution in [-0.2, 0) is 6.42 Å². The molecule has 0 aliphatic carbocycles. The second-order valence-corrected chi connectivity index (χ2v) is 10.5. The molecule has 228 valence electrons. The lowest BCUT2D eigenvalue weighted by molar-refractivity contribution is -0.0224. The molecule has 41 heavy (non-hydrogen) atoms. The third-order valence-electron chi connectivity index (χ3n) is 6.76. The van der Waals surface area contributed by atoms with E-state index < -0.39 is 35.8 Å². The molecule has 0 radical (unpaired) electrons. The van der Waals surface area contributed by atoms with Crippen molar-refractivity contribution in [3.63, 3.8) is 0 Å². The first-order valence-electron chi connectivity index (χ1n) is 14.4. The van der Waals surface area contributed by atoms with Gasteiger partial charge in [0.2, 0.25) is 0 Å². The summed E-state index contributed by atoms with van der Waals surface area (Å²) < 4.78 is 27.9. The SMILES string of the molecule is CCCN(CCO)C[C@H](O)[C@@H](O)[C@H](Cc1cc(F)cc(F)c1)NC(=O)c1cc(C)cc(C(=O)N(CCC)CCC)c1. The normalized spacial score (nSPS) is 13.6. The lowest BCUT2D eigenvalue weighted by Gasteiger charge is -2.31. The van der Waals surface area contributed by atoms with Gasteiger partial charge >= 0.3 is 0 Å². The molecule has 0 aliphatic heterocycles. The number of halogens is 2. The Labute approximate surface area is 242 Å². The molecule has 3 atom stereocenters. The Morgan fingerprint density at radius 1 is 0.854 bits per heavy atom. The van der Waals surface area contributed by atoms with Crippen LogP contribution in [0.25, 0.3) is 0 Å². The second-order valence-electron chi connectivity index (χ2n) is 10.5. The highest BCUT2D eigenvalue weighted by Crippen LogP contribution is 2.17. The summed E-state index contributed by atoms with van der Waals surface area (Å²) in [5, 5.41) is 34.1. The van der Waals surface area contributed by atoms with Gasteiger partial charge in [0.1, 0.15) is 17.7 Å². The molecule has 2 rings (SSSR count). The fraction of sp³-hybridized carbons (Fsp3) is 0.548. The Morgan fingerprint density at radius 3 is 2.00 bits per heavy atom. The van der Waals surface area contributed by atoms with E-state index in [2.05, 4.69) is 5.32 Å². The molecule has 0 aliphatic rings. The zero-order chi connectivity index (χ0) is 30.5. The number of nitrogens with zero attached hydrogens (tertiary/aromatic N) is 2. The number of carbonyl (C=O) groups excluding carboxylic acids is 2. The zero-order valence-corrected chi connectivity index (χ0v) is 24.6. The molecule has 0 saturated carbocycles. The summed E-state index contributed by atoms with van der Waals surface area (Å²) in [6, 6.07) is 6.65. The number of aryl methyl sites for hydroxylation is 1. The highest BCUT2D eigenvalue weighted by Gasteiger charge is 2.30. The first-order valence-corrected chi connectivity index (χ1v) is 14.4. The molecule has 0 aromatic heterocycles. The Balaban J connectivity index is 2.37. The van der Waals surface area contributed by atoms with Gasteiger partial charge in [0.15, 0.2) is 0 Å². The van der Waals surface area contributed by atoms with Crippen LogP contribution in [0.4, 0.5) is 8.78 Å². The van der Waals surface area contributed by atoms with Crippen molar-refractivity contribution in [1.29, 1.82) is 0 Å². The monoisotopic (exact) mass is 577 g/mol. The smallest absolute Gasteiger partial charge is 0.253 e. The van der Waals surface area contributed by atoms with Crippen molar-refractivity contribution >= 4 is 11.8 Å². The Kier molecular flexibility index (Phi) is 14.3. The lowest BCUT2D eigenvalue weighted by Crippen LogP contribution is -2.53. The van der Waals surface area contributed by atoms with E-state index in [1.807, 2.05) is 20.8 Å². The molecule has 8 nitrogen and oxygen atoms in total. The molecule has 0 fully saturated rings. The minimum Gasteiger partial charge on any atom is -0.395 e. The summed E-state index contributed by atoms with van der Waals surface area (Å²) in [6.45, 7) is 9.61. The van der Waals surface area contributed by atoms with Gasteiger partial charge < -0.3 is 25.5 Å². The van der Waals surface area contributed by atoms with Crippen LogP contribution in [0.5, 0.6) is 0 Å². The number of amides is 2. The number of carbonyl (C=O) groups is 2. The van der Waals surface area contributed by atoms with Crippen molar-refractivity contribution in [2.75, 3.05) is 39.3 Å². The van der Waals surface area contributed by atoms with Crippen LogP contribution in [0, 0.1) is 18.6 Å². The second kappa shape index (κ2) is 17.1. The quantitative estimate of drug-likeness (QED) is 0.230. The minimum atomic E-state index is -1.50. The number of nitrogens with one attached hydrogen (secondary N) is 1. The number of benzene rings is 2. The molecule has 0 bridgehead atoms. The predicted octanol–water partition coefficient (Wildman–Crippen LogP) is 3.30. The van der Waals surface area contributed by atoms with E-state index in [4.69, 9.17) is 0 Å². The van der Waals surface area contributed by atoms with Crippen molar-refractivity contribution in [2.24, 2.45) is 0 Å². The van der Waals surface area contributed by atoms with Crippen molar-refractivity contribution in [3.05, 3.63) is 70.3 Å². The van der Waals surface area contributed by atoms with Crippen LogP contribution in [0.15, 0.2) is 36.4 Å². The van der Waals surface area contributed by atoms with E-state index in [-0.39, 0.29) is 43.2 Å². The standard InChI is InChI=1S/C31H45F2N3O5/c1-5-8-35(11-12-37)20-28(38)29(39)27(17-22-15-25(32)19-26(33)16-22)34-30(40)23-13-21(4)14-24(18-23)31(41)36(9-6-2)10-7-3/h13-16,18-19,27-29,37-39H,5-12,17,20H2,1-4H3,(H,34,40)/t27-,28-,29-/m0/s1. The van der Waals surface area contributed by atoms with Crippen molar-refractivity contribution < 1.29 is 33.7 Å². The van der Waals surface area contributed by atoms with Gasteiger partial charge in [0, 0.05) is 43.4 Å². The number of aliphatic hydroxyl groups is 3. The molecule has 0 saturated heterocycles. The lowest BCUT2D eigenvalue weighted by atomic mass is 9.96. The molecule has 2 amide bonds. The summed E-state index contributed by atoms with van der Waals surface area (Å²) >= 11 is 0. The number of rotatable bonds is 17. The molecule has 10 heteroatoms. The summed E-state index contributed by atoms with van der Waals surface area (Å²) in [7, 11) is 0. The van der Waals surface area contributed by atoms with Crippen molar-refractivity contribution in [1.82, 2.24) is 15.1 Å². The fourth-order valence-electron chi connectivity index (χ4n) is 4.96. The molecule has 0 heterocycles. The van der Waals surface area contributed by atoms with Gasteiger partial charge in [0.25, 0.3) is 11.8 Å². The molecule has 0 unspecified atom stereocenters. The van der Waals surface area contributed by atoms with Gasteiger partial charge in [-0.05, 0) is 80.6 Å². The van der Waals surface area contributed by atoms with E-state index in [0.717, 1.165) is 37.5 Å². The van der Waals surface area contributed by atoms with Gasteiger partial charge in [-0.3, -0.25) is 14.5 Å². The molecule has 2 aromatic carbocycles. The molecule has 0 spiro atoms. The minimum absolute atomic E-state index is 0.0211. The van der Waals surface area contributed by atoms with Gasteiger partial charge in [-0.1, -0.05) is 20.8 Å². The van der Waals surface area contributed by atoms with E-state index >= 15 is 0 Å². The predicted molar refractivity (Wildman–Crippen MR) is 155 cm³/mol. The first-order chi connectivity index (χ1) is 19.5. The maximum Gasteiger partial charge on any atom is 0.253 e. The number of aliphatic hydroxyl groups excluding tert-OH is 3. The number of hydrogen-bond acceptors (Lipinski definition) is 6. The Bertz CT molecular complexity index is 1100. The van der Waals surface area contributed by atoms with Crippen LogP contribution < -0.4 is 5.32 Å². The third-order valence-corrected chi connectivity index (χ3v) is 6.76. The van der Waals surface area contributed by atoms with E-state index in [1.165, 1.54) is 6.07 Å². The molecule has 4 N–H and O–H groups in total. The highest BCUT2D eigenvalue weighted by atomic mass is 19.1. The van der Waals surface area contributed by atoms with Crippen LogP contribution in [0.3, 0.4) is 0 Å². The Morgan fingerprint density at radius 2 is 1.44 bits per heavy atom. The average molecular weight is 578 g/mol. The van der Waals surface area contributed by atoms with Crippen molar-refractivity contribution in [2.45, 2.75) is 71.6 Å². The molecule has 2 aromatic rings. The maximum atomic E-state index is 13.9. The fourth-order valence-corrected chi connectivity index (χ4v) is 4.96. The molecular weight excluding hydrogens is 532 g/mol.